The van der Waals surface area contributed by atoms with Crippen molar-refractivity contribution in [3.05, 3.63) is 34.9 Å². The standard InChI is InChI=1S/C8H8ClO2/c1-11-8(10)6-2-4-7(9)5-3-6/h2-5,8H,1H3. The van der Waals surface area contributed by atoms with E-state index in [0.717, 1.165) is 0 Å². The predicted octanol–water partition coefficient (Wildman–Crippen LogP) is 2.42. The highest BCUT2D eigenvalue weighted by molar-refractivity contribution is 6.30. The molecule has 1 atom stereocenters. The quantitative estimate of drug-likeness (QED) is 0.629. The van der Waals surface area contributed by atoms with Crippen LogP contribution in [-0.4, -0.2) is 7.11 Å². The Morgan fingerprint density at radius 1 is 1.36 bits per heavy atom. The van der Waals surface area contributed by atoms with Crippen molar-refractivity contribution in [3.8, 4) is 0 Å². The molecule has 0 saturated heterocycles. The van der Waals surface area contributed by atoms with Crippen LogP contribution in [0.3, 0.4) is 0 Å². The molecule has 1 unspecified atom stereocenters. The predicted molar refractivity (Wildman–Crippen MR) is 41.9 cm³/mol. The van der Waals surface area contributed by atoms with Gasteiger partial charge < -0.3 is 4.74 Å². The van der Waals surface area contributed by atoms with Crippen LogP contribution >= 0.6 is 11.6 Å². The second-order valence-electron chi connectivity index (χ2n) is 2.12. The third-order valence-corrected chi connectivity index (χ3v) is 1.61. The molecule has 0 spiro atoms. The van der Waals surface area contributed by atoms with Gasteiger partial charge in [-0.05, 0) is 12.1 Å². The number of methoxy groups -OCH3 is 1. The molecule has 0 saturated carbocycles. The van der Waals surface area contributed by atoms with Crippen LogP contribution in [0.15, 0.2) is 24.3 Å². The molecule has 0 heterocycles. The molecule has 2 nitrogen and oxygen atoms in total. The third-order valence-electron chi connectivity index (χ3n) is 1.36. The lowest BCUT2D eigenvalue weighted by molar-refractivity contribution is -0.123. The molecule has 0 aliphatic carbocycles. The Morgan fingerprint density at radius 3 is 2.36 bits per heavy atom. The highest BCUT2D eigenvalue weighted by Crippen LogP contribution is 2.16. The molecule has 1 aromatic carbocycles. The molecule has 11 heavy (non-hydrogen) atoms. The Labute approximate surface area is 70.4 Å². The molecule has 0 N–H and O–H groups in total. The minimum absolute atomic E-state index is 0.594. The van der Waals surface area contributed by atoms with E-state index in [1.807, 2.05) is 0 Å². The molecule has 0 bridgehead atoms. The summed E-state index contributed by atoms with van der Waals surface area (Å²) in [4.78, 5) is 0. The number of hydrogen-bond acceptors (Lipinski definition) is 1. The molecule has 0 fully saturated rings. The minimum atomic E-state index is -1.10. The van der Waals surface area contributed by atoms with Gasteiger partial charge in [0.15, 0.2) is 0 Å². The van der Waals surface area contributed by atoms with Crippen LogP contribution in [0.1, 0.15) is 11.9 Å². The topological polar surface area (TPSA) is 29.1 Å². The maximum Gasteiger partial charge on any atom is 0.217 e. The molecule has 59 valence electrons. The molecule has 1 radical (unpaired) electrons. The first-order valence-electron chi connectivity index (χ1n) is 3.18. The van der Waals surface area contributed by atoms with Gasteiger partial charge in [-0.3, -0.25) is 0 Å². The molecular weight excluding hydrogens is 164 g/mol. The van der Waals surface area contributed by atoms with Gasteiger partial charge in [0.25, 0.3) is 0 Å². The van der Waals surface area contributed by atoms with E-state index < -0.39 is 6.29 Å². The average Bonchev–Trinajstić information content (AvgIpc) is 2.05. The van der Waals surface area contributed by atoms with E-state index in [1.54, 1.807) is 24.3 Å². The van der Waals surface area contributed by atoms with E-state index >= 15 is 0 Å². The van der Waals surface area contributed by atoms with Crippen LogP contribution in [0.4, 0.5) is 0 Å². The normalized spacial score (nSPS) is 13.0. The Hall–Kier alpha value is -0.570. The number of rotatable bonds is 2. The first-order chi connectivity index (χ1) is 5.24. The Morgan fingerprint density at radius 2 is 1.91 bits per heavy atom. The van der Waals surface area contributed by atoms with Gasteiger partial charge in [0.05, 0.1) is 0 Å². The highest BCUT2D eigenvalue weighted by atomic mass is 35.5. The molecule has 1 rings (SSSR count). The van der Waals surface area contributed by atoms with Crippen LogP contribution in [-0.2, 0) is 9.84 Å². The van der Waals surface area contributed by atoms with Crippen LogP contribution in [0.5, 0.6) is 0 Å². The van der Waals surface area contributed by atoms with Gasteiger partial charge in [0, 0.05) is 17.7 Å². The number of benzene rings is 1. The zero-order valence-corrected chi connectivity index (χ0v) is 6.84. The second kappa shape index (κ2) is 3.72. The monoisotopic (exact) mass is 171 g/mol. The van der Waals surface area contributed by atoms with Gasteiger partial charge in [-0.1, -0.05) is 23.7 Å². The van der Waals surface area contributed by atoms with Crippen molar-refractivity contribution in [1.82, 2.24) is 0 Å². The fourth-order valence-corrected chi connectivity index (χ4v) is 0.882. The second-order valence-corrected chi connectivity index (χ2v) is 2.56. The van der Waals surface area contributed by atoms with Crippen molar-refractivity contribution in [2.75, 3.05) is 7.11 Å². The summed E-state index contributed by atoms with van der Waals surface area (Å²) in [5, 5.41) is 11.6. The molecule has 1 aromatic rings. The van der Waals surface area contributed by atoms with E-state index in [9.17, 15) is 5.11 Å². The smallest absolute Gasteiger partial charge is 0.217 e. The van der Waals surface area contributed by atoms with Gasteiger partial charge in [-0.2, -0.15) is 5.11 Å². The lowest BCUT2D eigenvalue weighted by Crippen LogP contribution is -1.96. The van der Waals surface area contributed by atoms with Crippen molar-refractivity contribution >= 4 is 11.6 Å². The van der Waals surface area contributed by atoms with Gasteiger partial charge in [0.1, 0.15) is 0 Å². The van der Waals surface area contributed by atoms with E-state index in [0.29, 0.717) is 10.6 Å². The van der Waals surface area contributed by atoms with Crippen LogP contribution in [0.25, 0.3) is 0 Å². The third kappa shape index (κ3) is 2.19. The van der Waals surface area contributed by atoms with E-state index in [1.165, 1.54) is 7.11 Å². The van der Waals surface area contributed by atoms with Crippen LogP contribution in [0.2, 0.25) is 5.02 Å². The highest BCUT2D eigenvalue weighted by Gasteiger charge is 2.05. The molecule has 0 amide bonds. The maximum absolute atomic E-state index is 10.9. The largest absolute Gasteiger partial charge is 0.349 e. The number of ether oxygens (including phenoxy) is 1. The maximum atomic E-state index is 10.9. The Kier molecular flexibility index (Phi) is 2.88. The fourth-order valence-electron chi connectivity index (χ4n) is 0.756. The fraction of sp³-hybridized carbons (Fsp3) is 0.250. The Balaban J connectivity index is 2.81. The summed E-state index contributed by atoms with van der Waals surface area (Å²) in [6.07, 6.45) is -1.10. The van der Waals surface area contributed by atoms with Crippen molar-refractivity contribution < 1.29 is 9.84 Å². The lowest BCUT2D eigenvalue weighted by atomic mass is 10.2. The van der Waals surface area contributed by atoms with Gasteiger partial charge >= 0.3 is 0 Å². The summed E-state index contributed by atoms with van der Waals surface area (Å²) in [7, 11) is 1.38. The first-order valence-corrected chi connectivity index (χ1v) is 3.56. The summed E-state index contributed by atoms with van der Waals surface area (Å²) < 4.78 is 4.58. The van der Waals surface area contributed by atoms with Crippen LogP contribution in [0, 0.1) is 0 Å². The first kappa shape index (κ1) is 8.53. The van der Waals surface area contributed by atoms with E-state index in [2.05, 4.69) is 4.74 Å². The average molecular weight is 172 g/mol. The summed E-state index contributed by atoms with van der Waals surface area (Å²) in [6.45, 7) is 0. The van der Waals surface area contributed by atoms with Crippen LogP contribution < -0.4 is 0 Å². The minimum Gasteiger partial charge on any atom is -0.349 e. The van der Waals surface area contributed by atoms with Gasteiger partial charge in [-0.25, -0.2) is 0 Å². The van der Waals surface area contributed by atoms with Crippen molar-refractivity contribution in [2.45, 2.75) is 6.29 Å². The Bertz CT molecular complexity index is 220. The number of halogens is 1. The summed E-state index contributed by atoms with van der Waals surface area (Å²) in [6, 6.07) is 6.65. The summed E-state index contributed by atoms with van der Waals surface area (Å²) in [5.41, 5.74) is 0.594. The van der Waals surface area contributed by atoms with E-state index in [-0.39, 0.29) is 0 Å². The summed E-state index contributed by atoms with van der Waals surface area (Å²) in [5.74, 6) is 0. The molecule has 0 aliphatic rings. The van der Waals surface area contributed by atoms with Crippen molar-refractivity contribution in [2.24, 2.45) is 0 Å². The zero-order valence-electron chi connectivity index (χ0n) is 6.08. The van der Waals surface area contributed by atoms with Crippen molar-refractivity contribution in [1.29, 1.82) is 0 Å². The SMILES string of the molecule is COC([O])c1ccc(Cl)cc1. The molecular formula is C8H8ClO2. The molecule has 3 heteroatoms. The molecule has 0 aliphatic heterocycles. The number of hydrogen-bond donors (Lipinski definition) is 0. The van der Waals surface area contributed by atoms with Crippen molar-refractivity contribution in [3.63, 3.8) is 0 Å². The summed E-state index contributed by atoms with van der Waals surface area (Å²) >= 11 is 5.62. The zero-order chi connectivity index (χ0) is 8.27. The lowest BCUT2D eigenvalue weighted by Gasteiger charge is -2.04. The molecule has 0 aromatic heterocycles. The van der Waals surface area contributed by atoms with Gasteiger partial charge in [-0.15, -0.1) is 0 Å². The van der Waals surface area contributed by atoms with Gasteiger partial charge in [0.2, 0.25) is 6.29 Å². The van der Waals surface area contributed by atoms with E-state index in [4.69, 9.17) is 11.6 Å².